The van der Waals surface area contributed by atoms with Crippen LogP contribution in [0.1, 0.15) is 39.0 Å². The van der Waals surface area contributed by atoms with Gasteiger partial charge in [-0.2, -0.15) is 0 Å². The van der Waals surface area contributed by atoms with Crippen LogP contribution in [0.25, 0.3) is 0 Å². The smallest absolute Gasteiger partial charge is 0.246 e. The second kappa shape index (κ2) is 8.93. The third-order valence-corrected chi connectivity index (χ3v) is 5.26. The minimum Gasteiger partial charge on any atom is -0.492 e. The molecular weight excluding hydrogens is 312 g/mol. The lowest BCUT2D eigenvalue weighted by Gasteiger charge is -2.36. The first-order chi connectivity index (χ1) is 12.3. The Labute approximate surface area is 151 Å². The molecule has 0 N–H and O–H groups in total. The molecule has 1 aromatic carbocycles. The van der Waals surface area contributed by atoms with E-state index in [0.717, 1.165) is 37.6 Å². The molecule has 0 aromatic heterocycles. The van der Waals surface area contributed by atoms with Crippen molar-refractivity contribution < 1.29 is 9.53 Å². The van der Waals surface area contributed by atoms with Gasteiger partial charge in [-0.15, -0.1) is 0 Å². The number of amides is 1. The molecule has 1 amide bonds. The first-order valence-corrected chi connectivity index (χ1v) is 9.72. The van der Waals surface area contributed by atoms with E-state index in [4.69, 9.17) is 4.74 Å². The molecule has 0 radical (unpaired) electrons. The maximum atomic E-state index is 12.4. The zero-order chi connectivity index (χ0) is 17.5. The van der Waals surface area contributed by atoms with Gasteiger partial charge in [-0.05, 0) is 43.9 Å². The Hall–Kier alpha value is -1.97. The van der Waals surface area contributed by atoms with Gasteiger partial charge in [0.1, 0.15) is 5.75 Å². The van der Waals surface area contributed by atoms with Crippen LogP contribution in [0.15, 0.2) is 36.4 Å². The Morgan fingerprint density at radius 3 is 2.56 bits per heavy atom. The molecule has 4 nitrogen and oxygen atoms in total. The van der Waals surface area contributed by atoms with Gasteiger partial charge in [-0.3, -0.25) is 4.79 Å². The van der Waals surface area contributed by atoms with Gasteiger partial charge in [0.05, 0.1) is 12.3 Å². The average Bonchev–Trinajstić information content (AvgIpc) is 2.68. The Morgan fingerprint density at radius 2 is 1.84 bits per heavy atom. The lowest BCUT2D eigenvalue weighted by molar-refractivity contribution is -0.126. The molecule has 1 saturated carbocycles. The molecule has 4 heteroatoms. The van der Waals surface area contributed by atoms with Gasteiger partial charge < -0.3 is 14.5 Å². The highest BCUT2D eigenvalue weighted by Crippen LogP contribution is 2.29. The summed E-state index contributed by atoms with van der Waals surface area (Å²) in [6, 6.07) is 8.17. The van der Waals surface area contributed by atoms with Crippen molar-refractivity contribution in [3.63, 3.8) is 0 Å². The lowest BCUT2D eigenvalue weighted by atomic mass is 9.89. The summed E-state index contributed by atoms with van der Waals surface area (Å²) in [7, 11) is 0. The number of nitrogens with zero attached hydrogens (tertiary/aromatic N) is 2. The van der Waals surface area contributed by atoms with Gasteiger partial charge in [0.15, 0.2) is 0 Å². The zero-order valence-corrected chi connectivity index (χ0v) is 15.3. The van der Waals surface area contributed by atoms with Crippen molar-refractivity contribution in [1.29, 1.82) is 0 Å². The van der Waals surface area contributed by atoms with Crippen LogP contribution < -0.4 is 9.64 Å². The van der Waals surface area contributed by atoms with Crippen LogP contribution in [0.2, 0.25) is 0 Å². The molecule has 0 atom stereocenters. The van der Waals surface area contributed by atoms with Crippen LogP contribution in [-0.4, -0.2) is 43.6 Å². The van der Waals surface area contributed by atoms with E-state index in [1.807, 2.05) is 36.1 Å². The predicted molar refractivity (Wildman–Crippen MR) is 102 cm³/mol. The van der Waals surface area contributed by atoms with E-state index >= 15 is 0 Å². The summed E-state index contributed by atoms with van der Waals surface area (Å²) in [6.45, 7) is 5.93. The lowest BCUT2D eigenvalue weighted by Crippen LogP contribution is -2.48. The van der Waals surface area contributed by atoms with Gasteiger partial charge in [-0.1, -0.05) is 37.5 Å². The van der Waals surface area contributed by atoms with Gasteiger partial charge in [-0.25, -0.2) is 0 Å². The minimum absolute atomic E-state index is 0.170. The number of benzene rings is 1. The van der Waals surface area contributed by atoms with Gasteiger partial charge >= 0.3 is 0 Å². The quantitative estimate of drug-likeness (QED) is 0.762. The number of rotatable bonds is 5. The van der Waals surface area contributed by atoms with Crippen molar-refractivity contribution in [2.45, 2.75) is 39.0 Å². The van der Waals surface area contributed by atoms with E-state index in [1.165, 1.54) is 32.1 Å². The number of allylic oxidation sites excluding steroid dienone is 1. The van der Waals surface area contributed by atoms with Crippen molar-refractivity contribution in [3.05, 3.63) is 36.4 Å². The largest absolute Gasteiger partial charge is 0.492 e. The van der Waals surface area contributed by atoms with Crippen LogP contribution in [0, 0.1) is 5.92 Å². The minimum atomic E-state index is 0.170. The summed E-state index contributed by atoms with van der Waals surface area (Å²) in [5.74, 6) is 1.71. The van der Waals surface area contributed by atoms with Gasteiger partial charge in [0.2, 0.25) is 5.91 Å². The Morgan fingerprint density at radius 1 is 1.12 bits per heavy atom. The summed E-state index contributed by atoms with van der Waals surface area (Å²) in [6.07, 6.45) is 10.4. The molecular formula is C21H30N2O2. The van der Waals surface area contributed by atoms with Crippen LogP contribution in [0.4, 0.5) is 5.69 Å². The maximum Gasteiger partial charge on any atom is 0.246 e. The van der Waals surface area contributed by atoms with E-state index < -0.39 is 0 Å². The van der Waals surface area contributed by atoms with Crippen molar-refractivity contribution in [1.82, 2.24) is 4.90 Å². The Balaban J connectivity index is 1.53. The molecule has 1 aliphatic carbocycles. The zero-order valence-electron chi connectivity index (χ0n) is 15.3. The van der Waals surface area contributed by atoms with Crippen molar-refractivity contribution >= 4 is 11.6 Å². The van der Waals surface area contributed by atoms with Crippen LogP contribution in [0.3, 0.4) is 0 Å². The highest BCUT2D eigenvalue weighted by atomic mass is 16.5. The monoisotopic (exact) mass is 342 g/mol. The van der Waals surface area contributed by atoms with Crippen LogP contribution in [0.5, 0.6) is 5.75 Å². The molecule has 3 rings (SSSR count). The molecule has 0 unspecified atom stereocenters. The number of para-hydroxylation sites is 2. The van der Waals surface area contributed by atoms with Crippen molar-refractivity contribution in [2.24, 2.45) is 5.92 Å². The number of piperazine rings is 1. The number of hydrogen-bond acceptors (Lipinski definition) is 3. The average molecular weight is 342 g/mol. The molecule has 0 spiro atoms. The second-order valence-electron chi connectivity index (χ2n) is 6.97. The number of ether oxygens (including phenoxy) is 1. The highest BCUT2D eigenvalue weighted by Gasteiger charge is 2.22. The molecule has 0 bridgehead atoms. The van der Waals surface area contributed by atoms with E-state index in [1.54, 1.807) is 0 Å². The summed E-state index contributed by atoms with van der Waals surface area (Å²) >= 11 is 0. The fourth-order valence-electron chi connectivity index (χ4n) is 3.81. The number of carbonyl (C=O) groups is 1. The van der Waals surface area contributed by atoms with E-state index in [-0.39, 0.29) is 5.91 Å². The maximum absolute atomic E-state index is 12.4. The summed E-state index contributed by atoms with van der Waals surface area (Å²) in [5.41, 5.74) is 1.13. The standard InChI is InChI=1S/C21H30N2O2/c1-2-25-20-11-7-6-10-19(20)22-14-16-23(17-15-22)21(24)13-12-18-8-4-3-5-9-18/h6-7,10-13,18H,2-5,8-9,14-17H2,1H3/b13-12+. The Kier molecular flexibility index (Phi) is 6.37. The van der Waals surface area contributed by atoms with Crippen molar-refractivity contribution in [2.75, 3.05) is 37.7 Å². The SMILES string of the molecule is CCOc1ccccc1N1CCN(C(=O)/C=C/C2CCCCC2)CC1. The summed E-state index contributed by atoms with van der Waals surface area (Å²) in [4.78, 5) is 16.7. The molecule has 1 heterocycles. The van der Waals surface area contributed by atoms with Gasteiger partial charge in [0, 0.05) is 26.2 Å². The normalized spacial score (nSPS) is 19.4. The van der Waals surface area contributed by atoms with E-state index in [9.17, 15) is 4.79 Å². The fraction of sp³-hybridized carbons (Fsp3) is 0.571. The third-order valence-electron chi connectivity index (χ3n) is 5.26. The van der Waals surface area contributed by atoms with Crippen molar-refractivity contribution in [3.8, 4) is 5.75 Å². The highest BCUT2D eigenvalue weighted by molar-refractivity contribution is 5.87. The molecule has 1 aromatic rings. The fourth-order valence-corrected chi connectivity index (χ4v) is 3.81. The first kappa shape index (κ1) is 17.8. The Bertz CT molecular complexity index is 585. The van der Waals surface area contributed by atoms with E-state index in [0.29, 0.717) is 12.5 Å². The molecule has 1 aliphatic heterocycles. The second-order valence-corrected chi connectivity index (χ2v) is 6.97. The molecule has 2 fully saturated rings. The third kappa shape index (κ3) is 4.77. The molecule has 25 heavy (non-hydrogen) atoms. The molecule has 2 aliphatic rings. The van der Waals surface area contributed by atoms with Gasteiger partial charge in [0.25, 0.3) is 0 Å². The van der Waals surface area contributed by atoms with Crippen LogP contribution >= 0.6 is 0 Å². The predicted octanol–water partition coefficient (Wildman–Crippen LogP) is 3.87. The number of hydrogen-bond donors (Lipinski definition) is 0. The number of anilines is 1. The molecule has 136 valence electrons. The number of carbonyl (C=O) groups excluding carboxylic acids is 1. The topological polar surface area (TPSA) is 32.8 Å². The molecule has 1 saturated heterocycles. The van der Waals surface area contributed by atoms with E-state index in [2.05, 4.69) is 17.0 Å². The summed E-state index contributed by atoms with van der Waals surface area (Å²) in [5, 5.41) is 0. The first-order valence-electron chi connectivity index (χ1n) is 9.72. The summed E-state index contributed by atoms with van der Waals surface area (Å²) < 4.78 is 5.74. The van der Waals surface area contributed by atoms with Crippen LogP contribution in [-0.2, 0) is 4.79 Å².